The Bertz CT molecular complexity index is 397. The van der Waals surface area contributed by atoms with Crippen LogP contribution < -0.4 is 0 Å². The summed E-state index contributed by atoms with van der Waals surface area (Å²) in [4.78, 5) is 11.9. The summed E-state index contributed by atoms with van der Waals surface area (Å²) < 4.78 is 14.3. The summed E-state index contributed by atoms with van der Waals surface area (Å²) in [7, 11) is 0. The minimum atomic E-state index is -0.283. The van der Waals surface area contributed by atoms with Crippen LogP contribution >= 0.6 is 15.9 Å². The van der Waals surface area contributed by atoms with Crippen LogP contribution in [0.5, 0.6) is 0 Å². The summed E-state index contributed by atoms with van der Waals surface area (Å²) in [6.45, 7) is 0. The van der Waals surface area contributed by atoms with Gasteiger partial charge >= 0.3 is 0 Å². The van der Waals surface area contributed by atoms with Crippen molar-refractivity contribution in [1.82, 2.24) is 0 Å². The van der Waals surface area contributed by atoms with Gasteiger partial charge in [0.05, 0.1) is 0 Å². The van der Waals surface area contributed by atoms with Crippen molar-refractivity contribution in [3.63, 3.8) is 0 Å². The standard InChI is InChI=1S/C13H14BrFO/c14-11-5-6-12(15)10(7-11)8-13(16)9-3-1-2-4-9/h5-7,9H,1-4,8H2. The van der Waals surface area contributed by atoms with Gasteiger partial charge in [0.1, 0.15) is 11.6 Å². The van der Waals surface area contributed by atoms with Crippen molar-refractivity contribution in [3.8, 4) is 0 Å². The predicted octanol–water partition coefficient (Wildman–Crippen LogP) is 3.89. The van der Waals surface area contributed by atoms with Gasteiger partial charge in [-0.25, -0.2) is 4.39 Å². The molecule has 0 heterocycles. The van der Waals surface area contributed by atoms with Crippen LogP contribution in [0.1, 0.15) is 31.2 Å². The molecular formula is C13H14BrFO. The van der Waals surface area contributed by atoms with Gasteiger partial charge < -0.3 is 0 Å². The molecule has 0 unspecified atom stereocenters. The summed E-state index contributed by atoms with van der Waals surface area (Å²) in [5, 5.41) is 0. The number of hydrogen-bond acceptors (Lipinski definition) is 1. The van der Waals surface area contributed by atoms with Gasteiger partial charge in [-0.2, -0.15) is 0 Å². The third kappa shape index (κ3) is 2.70. The van der Waals surface area contributed by atoms with Crippen molar-refractivity contribution in [2.45, 2.75) is 32.1 Å². The molecule has 16 heavy (non-hydrogen) atoms. The summed E-state index contributed by atoms with van der Waals surface area (Å²) in [5.74, 6) is 0.0717. The zero-order valence-electron chi connectivity index (χ0n) is 9.01. The number of hydrogen-bond donors (Lipinski definition) is 0. The fourth-order valence-corrected chi connectivity index (χ4v) is 2.67. The second-order valence-electron chi connectivity index (χ2n) is 4.36. The third-order valence-corrected chi connectivity index (χ3v) is 3.68. The van der Waals surface area contributed by atoms with E-state index in [1.54, 1.807) is 12.1 Å². The Kier molecular flexibility index (Phi) is 3.74. The fourth-order valence-electron chi connectivity index (χ4n) is 2.26. The number of Topliss-reactive ketones (excluding diaryl/α,β-unsaturated/α-hetero) is 1. The number of carbonyl (C=O) groups excluding carboxylic acids is 1. The predicted molar refractivity (Wildman–Crippen MR) is 64.8 cm³/mol. The zero-order valence-corrected chi connectivity index (χ0v) is 10.6. The second-order valence-corrected chi connectivity index (χ2v) is 5.28. The molecule has 0 bridgehead atoms. The van der Waals surface area contributed by atoms with Crippen LogP contribution in [-0.2, 0) is 11.2 Å². The van der Waals surface area contributed by atoms with Gasteiger partial charge in [-0.1, -0.05) is 28.8 Å². The average molecular weight is 285 g/mol. The Hall–Kier alpha value is -0.700. The molecule has 1 aromatic rings. The Morgan fingerprint density at radius 2 is 2.06 bits per heavy atom. The Morgan fingerprint density at radius 1 is 1.38 bits per heavy atom. The van der Waals surface area contributed by atoms with Gasteiger partial charge in [-0.15, -0.1) is 0 Å². The smallest absolute Gasteiger partial charge is 0.140 e. The first-order chi connectivity index (χ1) is 7.66. The Morgan fingerprint density at radius 3 is 2.75 bits per heavy atom. The van der Waals surface area contributed by atoms with E-state index in [9.17, 15) is 9.18 Å². The second kappa shape index (κ2) is 5.09. The first kappa shape index (κ1) is 11.8. The number of carbonyl (C=O) groups is 1. The number of benzene rings is 1. The lowest BCUT2D eigenvalue weighted by Crippen LogP contribution is -2.14. The number of ketones is 1. The number of halogens is 2. The average Bonchev–Trinajstić information content (AvgIpc) is 2.76. The molecule has 3 heteroatoms. The molecule has 0 N–H and O–H groups in total. The van der Waals surface area contributed by atoms with Gasteiger partial charge in [0, 0.05) is 16.8 Å². The first-order valence-corrected chi connectivity index (χ1v) is 6.43. The maximum absolute atomic E-state index is 13.4. The maximum atomic E-state index is 13.4. The van der Waals surface area contributed by atoms with Crippen molar-refractivity contribution in [2.75, 3.05) is 0 Å². The van der Waals surface area contributed by atoms with Crippen molar-refractivity contribution in [3.05, 3.63) is 34.1 Å². The van der Waals surface area contributed by atoms with Crippen molar-refractivity contribution in [1.29, 1.82) is 0 Å². The summed E-state index contributed by atoms with van der Waals surface area (Å²) in [5.41, 5.74) is 0.506. The minimum absolute atomic E-state index is 0.165. The van der Waals surface area contributed by atoms with Gasteiger partial charge in [-0.05, 0) is 36.6 Å². The van der Waals surface area contributed by atoms with Gasteiger partial charge in [0.2, 0.25) is 0 Å². The van der Waals surface area contributed by atoms with Crippen LogP contribution in [0, 0.1) is 11.7 Å². The molecule has 1 aliphatic carbocycles. The molecule has 1 aromatic carbocycles. The van der Waals surface area contributed by atoms with E-state index in [2.05, 4.69) is 15.9 Å². The van der Waals surface area contributed by atoms with Crippen LogP contribution in [0.15, 0.2) is 22.7 Å². The normalized spacial score (nSPS) is 16.6. The van der Waals surface area contributed by atoms with E-state index >= 15 is 0 Å². The van der Waals surface area contributed by atoms with E-state index in [4.69, 9.17) is 0 Å². The highest BCUT2D eigenvalue weighted by molar-refractivity contribution is 9.10. The minimum Gasteiger partial charge on any atom is -0.299 e. The zero-order chi connectivity index (χ0) is 11.5. The quantitative estimate of drug-likeness (QED) is 0.823. The lowest BCUT2D eigenvalue weighted by molar-refractivity contribution is -0.122. The summed E-state index contributed by atoms with van der Waals surface area (Å²) in [6, 6.07) is 4.75. The van der Waals surface area contributed by atoms with E-state index in [1.165, 1.54) is 6.07 Å². The molecule has 1 fully saturated rings. The molecule has 0 saturated heterocycles. The van der Waals surface area contributed by atoms with Crippen molar-refractivity contribution >= 4 is 21.7 Å². The molecule has 0 atom stereocenters. The maximum Gasteiger partial charge on any atom is 0.140 e. The van der Waals surface area contributed by atoms with E-state index in [0.717, 1.165) is 30.2 Å². The van der Waals surface area contributed by atoms with Gasteiger partial charge in [-0.3, -0.25) is 4.79 Å². The Balaban J connectivity index is 2.07. The van der Waals surface area contributed by atoms with Crippen LogP contribution in [0.4, 0.5) is 4.39 Å². The molecule has 0 aromatic heterocycles. The van der Waals surface area contributed by atoms with Crippen LogP contribution in [0.3, 0.4) is 0 Å². The SMILES string of the molecule is O=C(Cc1cc(Br)ccc1F)C1CCCC1. The van der Waals surface area contributed by atoms with E-state index in [1.807, 2.05) is 0 Å². The molecule has 0 aliphatic heterocycles. The monoisotopic (exact) mass is 284 g/mol. The van der Waals surface area contributed by atoms with E-state index in [0.29, 0.717) is 5.56 Å². The highest BCUT2D eigenvalue weighted by Gasteiger charge is 2.23. The molecule has 0 spiro atoms. The molecule has 1 aliphatic rings. The lowest BCUT2D eigenvalue weighted by atomic mass is 9.96. The van der Waals surface area contributed by atoms with E-state index < -0.39 is 0 Å². The molecule has 0 radical (unpaired) electrons. The fraction of sp³-hybridized carbons (Fsp3) is 0.462. The van der Waals surface area contributed by atoms with Crippen molar-refractivity contribution < 1.29 is 9.18 Å². The molecule has 2 rings (SSSR count). The van der Waals surface area contributed by atoms with Crippen molar-refractivity contribution in [2.24, 2.45) is 5.92 Å². The van der Waals surface area contributed by atoms with Crippen LogP contribution in [0.25, 0.3) is 0 Å². The third-order valence-electron chi connectivity index (χ3n) is 3.18. The van der Waals surface area contributed by atoms with Crippen LogP contribution in [-0.4, -0.2) is 5.78 Å². The summed E-state index contributed by atoms with van der Waals surface area (Å²) in [6.07, 6.45) is 4.47. The molecular weight excluding hydrogens is 271 g/mol. The molecule has 86 valence electrons. The Labute approximate surface area is 103 Å². The van der Waals surface area contributed by atoms with Gasteiger partial charge in [0.25, 0.3) is 0 Å². The highest BCUT2D eigenvalue weighted by Crippen LogP contribution is 2.27. The summed E-state index contributed by atoms with van der Waals surface area (Å²) >= 11 is 3.29. The van der Waals surface area contributed by atoms with Crippen LogP contribution in [0.2, 0.25) is 0 Å². The van der Waals surface area contributed by atoms with Gasteiger partial charge in [0.15, 0.2) is 0 Å². The first-order valence-electron chi connectivity index (χ1n) is 5.63. The molecule has 0 amide bonds. The van der Waals surface area contributed by atoms with E-state index in [-0.39, 0.29) is 23.9 Å². The number of rotatable bonds is 3. The highest BCUT2D eigenvalue weighted by atomic mass is 79.9. The molecule has 1 saturated carbocycles. The molecule has 1 nitrogen and oxygen atoms in total. The lowest BCUT2D eigenvalue weighted by Gasteiger charge is -2.08. The topological polar surface area (TPSA) is 17.1 Å². The largest absolute Gasteiger partial charge is 0.299 e.